The van der Waals surface area contributed by atoms with Crippen molar-refractivity contribution >= 4 is 5.91 Å². The zero-order valence-electron chi connectivity index (χ0n) is 13.7. The summed E-state index contributed by atoms with van der Waals surface area (Å²) in [7, 11) is 4.06. The van der Waals surface area contributed by atoms with Crippen LogP contribution in [0.5, 0.6) is 0 Å². The van der Waals surface area contributed by atoms with Crippen LogP contribution in [0.3, 0.4) is 0 Å². The van der Waals surface area contributed by atoms with Gasteiger partial charge in [0.1, 0.15) is 0 Å². The Morgan fingerprint density at radius 2 is 1.86 bits per heavy atom. The fourth-order valence-electron chi connectivity index (χ4n) is 2.45. The van der Waals surface area contributed by atoms with Crippen LogP contribution in [-0.4, -0.2) is 44.0 Å². The lowest BCUT2D eigenvalue weighted by Gasteiger charge is -2.24. The van der Waals surface area contributed by atoms with Crippen molar-refractivity contribution in [3.05, 3.63) is 35.4 Å². The summed E-state index contributed by atoms with van der Waals surface area (Å²) < 4.78 is 0. The number of likely N-dealkylation sites (N-methyl/N-ethyl adjacent to an activating group) is 1. The third kappa shape index (κ3) is 6.74. The summed E-state index contributed by atoms with van der Waals surface area (Å²) in [6.45, 7) is 5.84. The van der Waals surface area contributed by atoms with E-state index in [1.807, 2.05) is 38.4 Å². The second-order valence-electron chi connectivity index (χ2n) is 6.30. The first-order valence-corrected chi connectivity index (χ1v) is 7.67. The number of carbonyl (C=O) groups is 1. The first-order valence-electron chi connectivity index (χ1n) is 7.67. The highest BCUT2D eigenvalue weighted by atomic mass is 16.1. The molecule has 1 aromatic rings. The molecule has 0 fully saturated rings. The van der Waals surface area contributed by atoms with Gasteiger partial charge in [0.2, 0.25) is 0 Å². The third-order valence-electron chi connectivity index (χ3n) is 3.33. The topological polar surface area (TPSA) is 58.4 Å². The molecule has 0 aromatic heterocycles. The Morgan fingerprint density at radius 3 is 2.33 bits per heavy atom. The number of rotatable bonds is 8. The summed E-state index contributed by atoms with van der Waals surface area (Å²) in [6.07, 6.45) is 1.83. The van der Waals surface area contributed by atoms with Crippen LogP contribution >= 0.6 is 0 Å². The molecule has 1 aromatic carbocycles. The minimum atomic E-state index is 0.00167. The van der Waals surface area contributed by atoms with Gasteiger partial charge in [-0.15, -0.1) is 0 Å². The van der Waals surface area contributed by atoms with Gasteiger partial charge >= 0.3 is 0 Å². The molecule has 0 spiro atoms. The fourth-order valence-corrected chi connectivity index (χ4v) is 2.45. The van der Waals surface area contributed by atoms with E-state index in [1.54, 1.807) is 0 Å². The number of hydrogen-bond acceptors (Lipinski definition) is 3. The zero-order valence-corrected chi connectivity index (χ0v) is 13.7. The largest absolute Gasteiger partial charge is 0.348 e. The predicted octanol–water partition coefficient (Wildman–Crippen LogP) is 1.89. The first-order chi connectivity index (χ1) is 9.92. The molecule has 1 amide bonds. The van der Waals surface area contributed by atoms with Gasteiger partial charge in [0.25, 0.3) is 5.91 Å². The van der Waals surface area contributed by atoms with Crippen molar-refractivity contribution in [3.63, 3.8) is 0 Å². The molecule has 4 nitrogen and oxygen atoms in total. The Bertz CT molecular complexity index is 416. The molecule has 1 atom stereocenters. The highest BCUT2D eigenvalue weighted by molar-refractivity contribution is 5.94. The molecule has 0 heterocycles. The molecular formula is C17H29N3O. The summed E-state index contributed by atoms with van der Waals surface area (Å²) in [5.41, 5.74) is 7.41. The maximum Gasteiger partial charge on any atom is 0.251 e. The van der Waals surface area contributed by atoms with Crippen LogP contribution in [0.1, 0.15) is 36.2 Å². The van der Waals surface area contributed by atoms with Gasteiger partial charge in [-0.1, -0.05) is 26.0 Å². The Hall–Kier alpha value is -1.39. The normalized spacial score (nSPS) is 12.7. The molecule has 0 bridgehead atoms. The van der Waals surface area contributed by atoms with E-state index in [1.165, 1.54) is 5.56 Å². The molecule has 0 saturated carbocycles. The van der Waals surface area contributed by atoms with E-state index < -0.39 is 0 Å². The van der Waals surface area contributed by atoms with Crippen molar-refractivity contribution in [3.8, 4) is 0 Å². The van der Waals surface area contributed by atoms with Gasteiger partial charge in [0, 0.05) is 18.2 Å². The molecule has 0 aliphatic rings. The maximum atomic E-state index is 12.3. The molecule has 1 unspecified atom stereocenters. The monoisotopic (exact) mass is 291 g/mol. The van der Waals surface area contributed by atoms with Gasteiger partial charge in [-0.3, -0.25) is 4.79 Å². The van der Waals surface area contributed by atoms with Crippen LogP contribution in [0.25, 0.3) is 0 Å². The van der Waals surface area contributed by atoms with E-state index in [9.17, 15) is 4.79 Å². The quantitative estimate of drug-likeness (QED) is 0.769. The van der Waals surface area contributed by atoms with Crippen molar-refractivity contribution in [1.29, 1.82) is 0 Å². The van der Waals surface area contributed by atoms with Crippen molar-refractivity contribution in [2.75, 3.05) is 27.2 Å². The van der Waals surface area contributed by atoms with Crippen molar-refractivity contribution < 1.29 is 4.79 Å². The molecule has 4 heteroatoms. The average Bonchev–Trinajstić information content (AvgIpc) is 2.38. The second kappa shape index (κ2) is 8.80. The Kier molecular flexibility index (Phi) is 7.40. The van der Waals surface area contributed by atoms with Crippen molar-refractivity contribution in [2.45, 2.75) is 32.7 Å². The molecule has 118 valence electrons. The lowest BCUT2D eigenvalue weighted by atomic mass is 10.0. The van der Waals surface area contributed by atoms with Gasteiger partial charge in [-0.25, -0.2) is 0 Å². The van der Waals surface area contributed by atoms with Crippen LogP contribution in [0.4, 0.5) is 0 Å². The van der Waals surface area contributed by atoms with Crippen LogP contribution in [0.2, 0.25) is 0 Å². The number of nitrogens with two attached hydrogens (primary N) is 1. The van der Waals surface area contributed by atoms with E-state index in [2.05, 4.69) is 24.1 Å². The van der Waals surface area contributed by atoms with Crippen molar-refractivity contribution in [1.82, 2.24) is 10.2 Å². The average molecular weight is 291 g/mol. The number of hydrogen-bond donors (Lipinski definition) is 2. The van der Waals surface area contributed by atoms with E-state index >= 15 is 0 Å². The summed E-state index contributed by atoms with van der Waals surface area (Å²) in [4.78, 5) is 14.4. The molecule has 21 heavy (non-hydrogen) atoms. The van der Waals surface area contributed by atoms with Gasteiger partial charge in [-0.2, -0.15) is 0 Å². The fraction of sp³-hybridized carbons (Fsp3) is 0.588. The van der Waals surface area contributed by atoms with Crippen LogP contribution in [0, 0.1) is 5.92 Å². The minimum absolute atomic E-state index is 0.00167. The van der Waals surface area contributed by atoms with Gasteiger partial charge in [-0.05, 0) is 57.1 Å². The van der Waals surface area contributed by atoms with Crippen LogP contribution < -0.4 is 11.1 Å². The molecular weight excluding hydrogens is 262 g/mol. The standard InChI is InChI=1S/C17H29N3O/c1-13(2)11-16(12-20(3)4)19-17(21)15-7-5-14(6-8-15)9-10-18/h5-8,13,16H,9-12,18H2,1-4H3,(H,19,21). The van der Waals surface area contributed by atoms with E-state index in [4.69, 9.17) is 5.73 Å². The molecule has 0 aliphatic carbocycles. The zero-order chi connectivity index (χ0) is 15.8. The minimum Gasteiger partial charge on any atom is -0.348 e. The summed E-state index contributed by atoms with van der Waals surface area (Å²) in [5, 5.41) is 3.14. The molecule has 0 radical (unpaired) electrons. The summed E-state index contributed by atoms with van der Waals surface area (Å²) in [6, 6.07) is 7.89. The highest BCUT2D eigenvalue weighted by Crippen LogP contribution is 2.09. The lowest BCUT2D eigenvalue weighted by molar-refractivity contribution is 0.0924. The molecule has 3 N–H and O–H groups in total. The van der Waals surface area contributed by atoms with Crippen molar-refractivity contribution in [2.24, 2.45) is 11.7 Å². The maximum absolute atomic E-state index is 12.3. The Balaban J connectivity index is 2.67. The number of amides is 1. The summed E-state index contributed by atoms with van der Waals surface area (Å²) in [5.74, 6) is 0.559. The SMILES string of the molecule is CC(C)CC(CN(C)C)NC(=O)c1ccc(CCN)cc1. The molecule has 0 aliphatic heterocycles. The number of benzene rings is 1. The smallest absolute Gasteiger partial charge is 0.251 e. The van der Waals surface area contributed by atoms with Gasteiger partial charge in [0.05, 0.1) is 0 Å². The number of nitrogens with one attached hydrogen (secondary N) is 1. The van der Waals surface area contributed by atoms with Crippen LogP contribution in [0.15, 0.2) is 24.3 Å². The lowest BCUT2D eigenvalue weighted by Crippen LogP contribution is -2.42. The molecule has 0 saturated heterocycles. The Labute approximate surface area is 128 Å². The predicted molar refractivity (Wildman–Crippen MR) is 88.5 cm³/mol. The van der Waals surface area contributed by atoms with E-state index in [0.717, 1.165) is 19.4 Å². The van der Waals surface area contributed by atoms with Gasteiger partial charge < -0.3 is 16.0 Å². The molecule has 1 rings (SSSR count). The van der Waals surface area contributed by atoms with Crippen LogP contribution in [-0.2, 0) is 6.42 Å². The first kappa shape index (κ1) is 17.7. The highest BCUT2D eigenvalue weighted by Gasteiger charge is 2.16. The van der Waals surface area contributed by atoms with Gasteiger partial charge in [0.15, 0.2) is 0 Å². The van der Waals surface area contributed by atoms with E-state index in [0.29, 0.717) is 18.0 Å². The second-order valence-corrected chi connectivity index (χ2v) is 6.30. The Morgan fingerprint density at radius 1 is 1.24 bits per heavy atom. The number of carbonyl (C=O) groups excluding carboxylic acids is 1. The van der Waals surface area contributed by atoms with E-state index in [-0.39, 0.29) is 11.9 Å². The number of nitrogens with zero attached hydrogens (tertiary/aromatic N) is 1. The summed E-state index contributed by atoms with van der Waals surface area (Å²) >= 11 is 0. The third-order valence-corrected chi connectivity index (χ3v) is 3.33.